The van der Waals surface area contributed by atoms with Crippen molar-refractivity contribution in [2.24, 2.45) is 0 Å². The number of aromatic nitrogens is 4. The van der Waals surface area contributed by atoms with Crippen LogP contribution in [0.1, 0.15) is 33.9 Å². The van der Waals surface area contributed by atoms with E-state index in [4.69, 9.17) is 35.9 Å². The van der Waals surface area contributed by atoms with Crippen LogP contribution < -0.4 is 16.4 Å². The van der Waals surface area contributed by atoms with Crippen LogP contribution in [0, 0.1) is 0 Å². The summed E-state index contributed by atoms with van der Waals surface area (Å²) in [5.74, 6) is -0.691. The number of esters is 1. The number of rotatable bonds is 5. The van der Waals surface area contributed by atoms with Gasteiger partial charge in [0.1, 0.15) is 23.1 Å². The highest BCUT2D eigenvalue weighted by Crippen LogP contribution is 2.57. The van der Waals surface area contributed by atoms with Gasteiger partial charge < -0.3 is 15.2 Å². The van der Waals surface area contributed by atoms with E-state index in [1.165, 1.54) is 17.8 Å². The van der Waals surface area contributed by atoms with Gasteiger partial charge in [0.2, 0.25) is 5.95 Å². The molecule has 4 heterocycles. The number of hydrogen-bond donors (Lipinski definition) is 3. The van der Waals surface area contributed by atoms with Gasteiger partial charge in [-0.25, -0.2) is 14.6 Å². The molecule has 2 aliphatic rings. The van der Waals surface area contributed by atoms with Gasteiger partial charge in [0.15, 0.2) is 17.4 Å². The van der Waals surface area contributed by atoms with Crippen LogP contribution in [0.3, 0.4) is 0 Å². The molecule has 176 valence electrons. The van der Waals surface area contributed by atoms with Crippen LogP contribution in [0.4, 0.5) is 5.95 Å². The summed E-state index contributed by atoms with van der Waals surface area (Å²) in [5.41, 5.74) is 5.39. The van der Waals surface area contributed by atoms with Gasteiger partial charge in [0.05, 0.1) is 19.0 Å². The highest BCUT2D eigenvalue weighted by molar-refractivity contribution is 7.51. The van der Waals surface area contributed by atoms with E-state index in [1.54, 1.807) is 20.8 Å². The molecule has 0 amide bonds. The number of nitrogens with one attached hydrogen (secondary N) is 2. The highest BCUT2D eigenvalue weighted by atomic mass is 35.5. The normalized spacial score (nSPS) is 33.4. The lowest BCUT2D eigenvalue weighted by molar-refractivity contribution is -0.149. The Hall–Kier alpha value is -2.02. The van der Waals surface area contributed by atoms with Gasteiger partial charge in [-0.3, -0.25) is 28.2 Å². The van der Waals surface area contributed by atoms with E-state index in [0.29, 0.717) is 0 Å². The lowest BCUT2D eigenvalue weighted by atomic mass is 10.0. The molecule has 6 atom stereocenters. The zero-order valence-corrected chi connectivity index (χ0v) is 19.4. The van der Waals surface area contributed by atoms with E-state index < -0.39 is 48.6 Å². The first kappa shape index (κ1) is 23.1. The Morgan fingerprint density at radius 2 is 2.22 bits per heavy atom. The zero-order valence-electron chi connectivity index (χ0n) is 17.8. The summed E-state index contributed by atoms with van der Waals surface area (Å²) in [6.07, 6.45) is -1.43. The summed E-state index contributed by atoms with van der Waals surface area (Å²) in [5, 5.41) is 2.57. The number of nitrogen functional groups attached to an aromatic ring is 1. The topological polar surface area (TPSA) is 173 Å². The van der Waals surface area contributed by atoms with Crippen LogP contribution >= 0.6 is 19.3 Å². The highest BCUT2D eigenvalue weighted by Gasteiger charge is 2.60. The summed E-state index contributed by atoms with van der Waals surface area (Å²) in [6.45, 7) is 6.43. The van der Waals surface area contributed by atoms with E-state index in [1.807, 2.05) is 0 Å². The number of imidazole rings is 1. The molecule has 2 aromatic heterocycles. The molecule has 0 unspecified atom stereocenters. The molecule has 0 bridgehead atoms. The Balaban J connectivity index is 1.58. The van der Waals surface area contributed by atoms with Crippen molar-refractivity contribution in [2.45, 2.75) is 63.2 Å². The Morgan fingerprint density at radius 1 is 1.50 bits per heavy atom. The van der Waals surface area contributed by atoms with E-state index in [9.17, 15) is 14.2 Å². The third-order valence-electron chi connectivity index (χ3n) is 5.10. The maximum Gasteiger partial charge on any atom is 0.406 e. The van der Waals surface area contributed by atoms with Crippen LogP contribution in [0.15, 0.2) is 11.1 Å². The van der Waals surface area contributed by atoms with Crippen LogP contribution in [0.2, 0.25) is 0 Å². The van der Waals surface area contributed by atoms with Crippen molar-refractivity contribution >= 4 is 42.4 Å². The zero-order chi connectivity index (χ0) is 23.4. The van der Waals surface area contributed by atoms with Gasteiger partial charge in [-0.05, 0) is 27.7 Å². The lowest BCUT2D eigenvalue weighted by Gasteiger charge is -2.36. The molecule has 0 spiro atoms. The molecule has 2 fully saturated rings. The molecule has 0 aromatic carbocycles. The first-order valence-corrected chi connectivity index (χ1v) is 11.8. The fraction of sp³-hybridized carbons (Fsp3) is 0.647. The minimum absolute atomic E-state index is 0.0622. The van der Waals surface area contributed by atoms with Gasteiger partial charge in [0, 0.05) is 0 Å². The first-order chi connectivity index (χ1) is 14.9. The quantitative estimate of drug-likeness (QED) is 0.310. The van der Waals surface area contributed by atoms with E-state index >= 15 is 0 Å². The lowest BCUT2D eigenvalue weighted by Crippen LogP contribution is -2.47. The monoisotopic (exact) mass is 490 g/mol. The number of nitrogens with two attached hydrogens (primary N) is 1. The van der Waals surface area contributed by atoms with Crippen LogP contribution in [0.5, 0.6) is 0 Å². The first-order valence-electron chi connectivity index (χ1n) is 9.89. The number of ether oxygens (including phenoxy) is 2. The maximum absolute atomic E-state index is 13.2. The number of carbonyl (C=O) groups is 1. The average Bonchev–Trinajstić information content (AvgIpc) is 3.19. The van der Waals surface area contributed by atoms with E-state index in [2.05, 4.69) is 20.0 Å². The average molecular weight is 491 g/mol. The fourth-order valence-corrected chi connectivity index (χ4v) is 5.84. The number of fused-ring (bicyclic) bond motifs is 2. The summed E-state index contributed by atoms with van der Waals surface area (Å²) in [6, 6.07) is -0.948. The Morgan fingerprint density at radius 3 is 2.91 bits per heavy atom. The van der Waals surface area contributed by atoms with Crippen molar-refractivity contribution in [2.75, 3.05) is 12.3 Å². The minimum Gasteiger partial charge on any atom is -0.462 e. The second-order valence-electron chi connectivity index (χ2n) is 8.11. The van der Waals surface area contributed by atoms with Crippen molar-refractivity contribution < 1.29 is 27.9 Å². The number of halogens is 1. The van der Waals surface area contributed by atoms with E-state index in [-0.39, 0.29) is 29.8 Å². The summed E-state index contributed by atoms with van der Waals surface area (Å²) >= 11 is 6.83. The van der Waals surface area contributed by atoms with Crippen LogP contribution in [0.25, 0.3) is 11.2 Å². The van der Waals surface area contributed by atoms with Gasteiger partial charge >= 0.3 is 13.7 Å². The number of aromatic amines is 1. The van der Waals surface area contributed by atoms with Gasteiger partial charge in [-0.2, -0.15) is 4.98 Å². The van der Waals surface area contributed by atoms with E-state index in [0.717, 1.165) is 0 Å². The number of H-pyrrole nitrogens is 1. The molecule has 13 nitrogen and oxygen atoms in total. The largest absolute Gasteiger partial charge is 0.462 e. The van der Waals surface area contributed by atoms with Crippen LogP contribution in [-0.2, 0) is 27.9 Å². The molecule has 0 radical (unpaired) electrons. The smallest absolute Gasteiger partial charge is 0.406 e. The second-order valence-corrected chi connectivity index (χ2v) is 10.6. The molecule has 0 aliphatic carbocycles. The standard InChI is InChI=1S/C17H24ClN6O7P/c1-7(2)29-14(26)8(3)23-32(27)28-5-9-11(31-32)17(4,18)15(30-9)24-6-20-10-12(24)21-16(19)22-13(10)25/h6-9,11,15H,5H2,1-4H3,(H,23,27)(H3,19,21,22,25)/t8-,9-,11-,15-,17-,32+/m1/s1. The van der Waals surface area contributed by atoms with Crippen molar-refractivity contribution in [3.05, 3.63) is 16.7 Å². The van der Waals surface area contributed by atoms with Gasteiger partial charge in [-0.15, -0.1) is 11.6 Å². The van der Waals surface area contributed by atoms with Crippen molar-refractivity contribution in [1.29, 1.82) is 0 Å². The molecule has 15 heteroatoms. The number of alkyl halides is 1. The third kappa shape index (κ3) is 4.04. The van der Waals surface area contributed by atoms with Crippen molar-refractivity contribution in [3.8, 4) is 0 Å². The predicted octanol–water partition coefficient (Wildman–Crippen LogP) is 1.05. The Kier molecular flexibility index (Phi) is 5.85. The Labute approximate surface area is 187 Å². The third-order valence-corrected chi connectivity index (χ3v) is 7.20. The number of carbonyl (C=O) groups excluding carboxylic acids is 1. The minimum atomic E-state index is -3.91. The molecule has 2 aromatic rings. The van der Waals surface area contributed by atoms with Gasteiger partial charge in [-0.1, -0.05) is 0 Å². The molecular weight excluding hydrogens is 467 g/mol. The second kappa shape index (κ2) is 8.08. The summed E-state index contributed by atoms with van der Waals surface area (Å²) in [7, 11) is -3.91. The number of anilines is 1. The SMILES string of the molecule is CC(C)OC(=O)[C@@H](C)N[P@]1(=O)OC[C@H]2O[C@@H](n3cnc4c(=O)[nH]c(N)nc43)[C@](C)(Cl)[C@@H]2O1. The molecule has 2 saturated heterocycles. The predicted molar refractivity (Wildman–Crippen MR) is 113 cm³/mol. The molecule has 0 saturated carbocycles. The molecule has 4 rings (SSSR count). The molecule has 4 N–H and O–H groups in total. The molecular formula is C17H24ClN6O7P. The Bertz CT molecular complexity index is 1150. The number of nitrogens with zero attached hydrogens (tertiary/aromatic N) is 3. The van der Waals surface area contributed by atoms with Gasteiger partial charge in [0.25, 0.3) is 5.56 Å². The fourth-order valence-electron chi connectivity index (χ4n) is 3.67. The summed E-state index contributed by atoms with van der Waals surface area (Å²) in [4.78, 5) is 33.5. The number of hydrogen-bond acceptors (Lipinski definition) is 10. The maximum atomic E-state index is 13.2. The summed E-state index contributed by atoms with van der Waals surface area (Å²) < 4.78 is 36.9. The molecule has 2 aliphatic heterocycles. The van der Waals surface area contributed by atoms with Crippen molar-refractivity contribution in [3.63, 3.8) is 0 Å². The molecule has 32 heavy (non-hydrogen) atoms. The van der Waals surface area contributed by atoms with Crippen LogP contribution in [-0.4, -0.2) is 61.3 Å². The van der Waals surface area contributed by atoms with Crippen molar-refractivity contribution in [1.82, 2.24) is 24.6 Å².